The number of hydrogen-bond donors (Lipinski definition) is 3. The molecule has 10 heteroatoms. The molecule has 0 radical (unpaired) electrons. The quantitative estimate of drug-likeness (QED) is 0.560. The molecule has 3 N–H and O–H groups in total. The Bertz CT molecular complexity index is 1240. The average Bonchev–Trinajstić information content (AvgIpc) is 3.29. The molecule has 2 fully saturated rings. The molecule has 1 saturated heterocycles. The first kappa shape index (κ1) is 22.8. The van der Waals surface area contributed by atoms with Crippen LogP contribution < -0.4 is 15.4 Å². The first-order valence-corrected chi connectivity index (χ1v) is 12.2. The fourth-order valence-corrected chi connectivity index (χ4v) is 5.69. The minimum absolute atomic E-state index is 0.0155. The van der Waals surface area contributed by atoms with E-state index in [-0.39, 0.29) is 16.5 Å². The molecule has 1 aliphatic heterocycles. The second-order valence-electron chi connectivity index (χ2n) is 8.61. The number of urea groups is 1. The van der Waals surface area contributed by atoms with E-state index in [4.69, 9.17) is 0 Å². The number of anilines is 2. The molecule has 4 rings (SSSR count). The molecule has 174 valence electrons. The summed E-state index contributed by atoms with van der Waals surface area (Å²) in [6, 6.07) is 10.9. The molecule has 9 nitrogen and oxygen atoms in total. The molecule has 4 amide bonds. The van der Waals surface area contributed by atoms with Gasteiger partial charge in [-0.3, -0.25) is 19.2 Å². The molecule has 2 aromatic rings. The highest BCUT2D eigenvalue weighted by Gasteiger charge is 2.52. The number of amides is 4. The monoisotopic (exact) mass is 470 g/mol. The third kappa shape index (κ3) is 4.56. The summed E-state index contributed by atoms with van der Waals surface area (Å²) < 4.78 is 28.4. The summed E-state index contributed by atoms with van der Waals surface area (Å²) in [5, 5.41) is 5.33. The summed E-state index contributed by atoms with van der Waals surface area (Å²) in [6.07, 6.45) is 2.85. The van der Waals surface area contributed by atoms with Crippen molar-refractivity contribution < 1.29 is 22.8 Å². The van der Waals surface area contributed by atoms with E-state index in [1.54, 1.807) is 37.3 Å². The van der Waals surface area contributed by atoms with Crippen LogP contribution in [0.1, 0.15) is 36.8 Å². The first-order valence-electron chi connectivity index (χ1n) is 10.7. The fourth-order valence-electron chi connectivity index (χ4n) is 4.37. The van der Waals surface area contributed by atoms with Gasteiger partial charge in [0.25, 0.3) is 15.9 Å². The number of nitrogens with one attached hydrogen (secondary N) is 3. The van der Waals surface area contributed by atoms with Crippen LogP contribution >= 0.6 is 0 Å². The zero-order valence-electron chi connectivity index (χ0n) is 18.5. The van der Waals surface area contributed by atoms with Gasteiger partial charge < -0.3 is 10.6 Å². The van der Waals surface area contributed by atoms with Crippen molar-refractivity contribution in [3.63, 3.8) is 0 Å². The Balaban J connectivity index is 1.48. The summed E-state index contributed by atoms with van der Waals surface area (Å²) in [4.78, 5) is 38.5. The standard InChI is InChI=1S/C23H26N4O5S/c1-15-6-5-7-18(12-15)26-33(31,32)19-13-17(9-8-16(19)2)24-20(28)14-27-21(29)23(25-22(27)30)10-3-4-11-23/h5-9,12-13,26H,3-4,10-11,14H2,1-2H3,(H,24,28)(H,25,30). The van der Waals surface area contributed by atoms with E-state index in [0.29, 0.717) is 24.1 Å². The van der Waals surface area contributed by atoms with Crippen molar-refractivity contribution in [2.75, 3.05) is 16.6 Å². The molecule has 0 unspecified atom stereocenters. The largest absolute Gasteiger partial charge is 0.325 e. The molecule has 1 heterocycles. The van der Waals surface area contributed by atoms with Gasteiger partial charge in [0.15, 0.2) is 0 Å². The van der Waals surface area contributed by atoms with Gasteiger partial charge in [-0.1, -0.05) is 31.0 Å². The van der Waals surface area contributed by atoms with Crippen LogP contribution in [0.2, 0.25) is 0 Å². The minimum Gasteiger partial charge on any atom is -0.324 e. The van der Waals surface area contributed by atoms with Gasteiger partial charge in [-0.15, -0.1) is 0 Å². The summed E-state index contributed by atoms with van der Waals surface area (Å²) in [6.45, 7) is 3.08. The predicted octanol–water partition coefficient (Wildman–Crippen LogP) is 2.91. The van der Waals surface area contributed by atoms with Crippen LogP contribution in [0, 0.1) is 13.8 Å². The van der Waals surface area contributed by atoms with Gasteiger partial charge in [-0.2, -0.15) is 0 Å². The van der Waals surface area contributed by atoms with Crippen molar-refractivity contribution in [1.82, 2.24) is 10.2 Å². The van der Waals surface area contributed by atoms with Crippen molar-refractivity contribution in [2.24, 2.45) is 0 Å². The molecule has 1 aliphatic carbocycles. The number of hydrogen-bond acceptors (Lipinski definition) is 5. The van der Waals surface area contributed by atoms with Gasteiger partial charge in [0, 0.05) is 11.4 Å². The van der Waals surface area contributed by atoms with E-state index >= 15 is 0 Å². The van der Waals surface area contributed by atoms with Gasteiger partial charge in [0.2, 0.25) is 5.91 Å². The van der Waals surface area contributed by atoms with Gasteiger partial charge in [-0.25, -0.2) is 13.2 Å². The lowest BCUT2D eigenvalue weighted by Crippen LogP contribution is -2.44. The van der Waals surface area contributed by atoms with E-state index in [1.165, 1.54) is 6.07 Å². The van der Waals surface area contributed by atoms with E-state index in [9.17, 15) is 22.8 Å². The highest BCUT2D eigenvalue weighted by molar-refractivity contribution is 7.92. The number of imide groups is 1. The number of benzene rings is 2. The third-order valence-electron chi connectivity index (χ3n) is 6.04. The Hall–Kier alpha value is -3.40. The van der Waals surface area contributed by atoms with Crippen molar-refractivity contribution in [3.05, 3.63) is 53.6 Å². The lowest BCUT2D eigenvalue weighted by atomic mass is 9.98. The second kappa shape index (κ2) is 8.51. The topological polar surface area (TPSA) is 125 Å². The molecule has 1 spiro atoms. The van der Waals surface area contributed by atoms with Crippen LogP contribution in [-0.4, -0.2) is 43.2 Å². The zero-order valence-corrected chi connectivity index (χ0v) is 19.3. The zero-order chi connectivity index (χ0) is 23.8. The summed E-state index contributed by atoms with van der Waals surface area (Å²) >= 11 is 0. The molecular formula is C23H26N4O5S. The Labute approximate surface area is 192 Å². The van der Waals surface area contributed by atoms with E-state index < -0.39 is 34.0 Å². The van der Waals surface area contributed by atoms with Crippen LogP contribution in [0.4, 0.5) is 16.2 Å². The fraction of sp³-hybridized carbons (Fsp3) is 0.348. The Morgan fingerprint density at radius 2 is 1.79 bits per heavy atom. The number of sulfonamides is 1. The van der Waals surface area contributed by atoms with Crippen LogP contribution in [0.25, 0.3) is 0 Å². The second-order valence-corrected chi connectivity index (χ2v) is 10.3. The molecule has 0 aromatic heterocycles. The summed E-state index contributed by atoms with van der Waals surface area (Å²) in [7, 11) is -3.90. The number of nitrogens with zero attached hydrogens (tertiary/aromatic N) is 1. The summed E-state index contributed by atoms with van der Waals surface area (Å²) in [5.41, 5.74) is 1.21. The van der Waals surface area contributed by atoms with Gasteiger partial charge in [-0.05, 0) is 62.1 Å². The maximum Gasteiger partial charge on any atom is 0.325 e. The van der Waals surface area contributed by atoms with Crippen LogP contribution in [0.15, 0.2) is 47.4 Å². The number of carbonyl (C=O) groups excluding carboxylic acids is 3. The van der Waals surface area contributed by atoms with Gasteiger partial charge in [0.1, 0.15) is 12.1 Å². The van der Waals surface area contributed by atoms with Crippen LogP contribution in [0.3, 0.4) is 0 Å². The van der Waals surface area contributed by atoms with Crippen molar-refractivity contribution in [3.8, 4) is 0 Å². The highest BCUT2D eigenvalue weighted by Crippen LogP contribution is 2.35. The van der Waals surface area contributed by atoms with Crippen LogP contribution in [-0.2, 0) is 19.6 Å². The first-order chi connectivity index (χ1) is 15.6. The maximum absolute atomic E-state index is 13.0. The number of carbonyl (C=O) groups is 3. The normalized spacial score (nSPS) is 17.3. The molecule has 2 aliphatic rings. The Kier molecular flexibility index (Phi) is 5.87. The molecule has 33 heavy (non-hydrogen) atoms. The Morgan fingerprint density at radius 1 is 1.06 bits per heavy atom. The molecule has 1 saturated carbocycles. The van der Waals surface area contributed by atoms with Gasteiger partial charge in [0.05, 0.1) is 4.90 Å². The van der Waals surface area contributed by atoms with E-state index in [2.05, 4.69) is 15.4 Å². The van der Waals surface area contributed by atoms with Crippen molar-refractivity contribution in [1.29, 1.82) is 0 Å². The molecular weight excluding hydrogens is 444 g/mol. The van der Waals surface area contributed by atoms with E-state index in [0.717, 1.165) is 23.3 Å². The lowest BCUT2D eigenvalue weighted by Gasteiger charge is -2.19. The third-order valence-corrected chi connectivity index (χ3v) is 7.56. The molecule has 2 aromatic carbocycles. The lowest BCUT2D eigenvalue weighted by molar-refractivity contribution is -0.133. The number of aryl methyl sites for hydroxylation is 2. The van der Waals surface area contributed by atoms with Gasteiger partial charge >= 0.3 is 6.03 Å². The number of rotatable bonds is 6. The predicted molar refractivity (Wildman–Crippen MR) is 123 cm³/mol. The SMILES string of the molecule is Cc1cccc(NS(=O)(=O)c2cc(NC(=O)CN3C(=O)NC4(CCCC4)C3=O)ccc2C)c1. The highest BCUT2D eigenvalue weighted by atomic mass is 32.2. The summed E-state index contributed by atoms with van der Waals surface area (Å²) in [5.74, 6) is -0.970. The molecule has 0 atom stereocenters. The Morgan fingerprint density at radius 3 is 2.48 bits per heavy atom. The minimum atomic E-state index is -3.90. The molecule has 0 bridgehead atoms. The van der Waals surface area contributed by atoms with E-state index in [1.807, 2.05) is 13.0 Å². The maximum atomic E-state index is 13.0. The average molecular weight is 471 g/mol. The van der Waals surface area contributed by atoms with Crippen LogP contribution in [0.5, 0.6) is 0 Å². The van der Waals surface area contributed by atoms with Crippen molar-refractivity contribution >= 4 is 39.2 Å². The van der Waals surface area contributed by atoms with Crippen molar-refractivity contribution in [2.45, 2.75) is 50.0 Å². The smallest absolute Gasteiger partial charge is 0.324 e.